The molecule has 0 aliphatic carbocycles. The van der Waals surface area contributed by atoms with E-state index in [1.807, 2.05) is 24.9 Å². The monoisotopic (exact) mass is 226 g/mol. The molecule has 2 N–H and O–H groups in total. The zero-order chi connectivity index (χ0) is 12.1. The molecule has 3 nitrogen and oxygen atoms in total. The Hall–Kier alpha value is -1.13. The van der Waals surface area contributed by atoms with Crippen molar-refractivity contribution in [2.75, 3.05) is 25.7 Å². The van der Waals surface area contributed by atoms with Crippen LogP contribution in [0.25, 0.3) is 0 Å². The molecule has 1 unspecified atom stereocenters. The van der Waals surface area contributed by atoms with Crippen molar-refractivity contribution in [3.8, 4) is 0 Å². The van der Waals surface area contributed by atoms with E-state index >= 15 is 0 Å². The maximum absolute atomic E-state index is 13.5. The van der Waals surface area contributed by atoms with Crippen molar-refractivity contribution in [1.82, 2.24) is 0 Å². The third kappa shape index (κ3) is 2.93. The van der Waals surface area contributed by atoms with E-state index in [9.17, 15) is 4.39 Å². The third-order valence-corrected chi connectivity index (χ3v) is 2.73. The maximum Gasteiger partial charge on any atom is 0.129 e. The number of nitrogens with two attached hydrogens (primary N) is 1. The minimum atomic E-state index is -0.253. The van der Waals surface area contributed by atoms with Crippen LogP contribution in [0.1, 0.15) is 12.5 Å². The molecule has 16 heavy (non-hydrogen) atoms. The third-order valence-electron chi connectivity index (χ3n) is 2.73. The predicted molar refractivity (Wildman–Crippen MR) is 64.0 cm³/mol. The highest BCUT2D eigenvalue weighted by atomic mass is 19.1. The Morgan fingerprint density at radius 3 is 2.69 bits per heavy atom. The molecule has 1 atom stereocenters. The molecule has 0 fully saturated rings. The Bertz CT molecular complexity index is 344. The zero-order valence-electron chi connectivity index (χ0n) is 10.0. The van der Waals surface area contributed by atoms with Crippen molar-refractivity contribution in [1.29, 1.82) is 0 Å². The van der Waals surface area contributed by atoms with Crippen LogP contribution in [0.2, 0.25) is 0 Å². The fraction of sp³-hybridized carbons (Fsp3) is 0.500. The van der Waals surface area contributed by atoms with Gasteiger partial charge in [0.25, 0.3) is 0 Å². The van der Waals surface area contributed by atoms with Gasteiger partial charge in [0.05, 0.1) is 6.61 Å². The van der Waals surface area contributed by atoms with Gasteiger partial charge in [-0.2, -0.15) is 0 Å². The summed E-state index contributed by atoms with van der Waals surface area (Å²) >= 11 is 0. The van der Waals surface area contributed by atoms with Crippen LogP contribution < -0.4 is 10.6 Å². The summed E-state index contributed by atoms with van der Waals surface area (Å²) in [6, 6.07) is 5.31. The van der Waals surface area contributed by atoms with Gasteiger partial charge in [-0.3, -0.25) is 0 Å². The van der Waals surface area contributed by atoms with E-state index in [4.69, 9.17) is 10.5 Å². The van der Waals surface area contributed by atoms with Crippen molar-refractivity contribution >= 4 is 5.69 Å². The lowest BCUT2D eigenvalue weighted by Crippen LogP contribution is -2.32. The lowest BCUT2D eigenvalue weighted by Gasteiger charge is -2.26. The quantitative estimate of drug-likeness (QED) is 0.831. The molecule has 0 bridgehead atoms. The van der Waals surface area contributed by atoms with Gasteiger partial charge in [0.2, 0.25) is 0 Å². The molecule has 4 heteroatoms. The topological polar surface area (TPSA) is 38.5 Å². The number of likely N-dealkylation sites (N-methyl/N-ethyl adjacent to an activating group) is 1. The van der Waals surface area contributed by atoms with Crippen LogP contribution in [-0.4, -0.2) is 26.8 Å². The molecule has 0 radical (unpaired) electrons. The van der Waals surface area contributed by atoms with Gasteiger partial charge in [-0.1, -0.05) is 6.07 Å². The highest BCUT2D eigenvalue weighted by Crippen LogP contribution is 2.19. The van der Waals surface area contributed by atoms with Crippen molar-refractivity contribution in [2.45, 2.75) is 19.5 Å². The molecule has 0 aromatic heterocycles. The number of anilines is 1. The SMILES string of the molecule is COCC(C)N(C)c1ccc(CN)c(F)c1. The second kappa shape index (κ2) is 5.82. The molecule has 0 amide bonds. The Kier molecular flexibility index (Phi) is 4.71. The van der Waals surface area contributed by atoms with Crippen LogP contribution >= 0.6 is 0 Å². The normalized spacial score (nSPS) is 12.6. The van der Waals surface area contributed by atoms with Gasteiger partial charge in [-0.25, -0.2) is 4.39 Å². The molecule has 1 aromatic carbocycles. The molecule has 0 heterocycles. The average molecular weight is 226 g/mol. The fourth-order valence-corrected chi connectivity index (χ4v) is 1.53. The summed E-state index contributed by atoms with van der Waals surface area (Å²) in [6.45, 7) is 2.86. The van der Waals surface area contributed by atoms with Gasteiger partial charge < -0.3 is 15.4 Å². The van der Waals surface area contributed by atoms with Crippen molar-refractivity contribution in [3.63, 3.8) is 0 Å². The number of hydrogen-bond donors (Lipinski definition) is 1. The molecule has 0 aliphatic rings. The minimum absolute atomic E-state index is 0.202. The smallest absolute Gasteiger partial charge is 0.129 e. The molecule has 0 aliphatic heterocycles. The van der Waals surface area contributed by atoms with E-state index in [0.29, 0.717) is 12.2 Å². The molecule has 0 saturated heterocycles. The summed E-state index contributed by atoms with van der Waals surface area (Å²) in [7, 11) is 3.57. The largest absolute Gasteiger partial charge is 0.383 e. The molecule has 0 spiro atoms. The second-order valence-electron chi connectivity index (χ2n) is 3.90. The lowest BCUT2D eigenvalue weighted by molar-refractivity contribution is 0.183. The Morgan fingerprint density at radius 1 is 1.50 bits per heavy atom. The van der Waals surface area contributed by atoms with Crippen LogP contribution in [-0.2, 0) is 11.3 Å². The summed E-state index contributed by atoms with van der Waals surface area (Å²) < 4.78 is 18.6. The molecule has 1 aromatic rings. The van der Waals surface area contributed by atoms with E-state index in [2.05, 4.69) is 0 Å². The van der Waals surface area contributed by atoms with E-state index in [0.717, 1.165) is 5.69 Å². The van der Waals surface area contributed by atoms with Crippen LogP contribution in [0.15, 0.2) is 18.2 Å². The van der Waals surface area contributed by atoms with E-state index in [1.165, 1.54) is 6.07 Å². The molecular weight excluding hydrogens is 207 g/mol. The van der Waals surface area contributed by atoms with Gasteiger partial charge in [-0.05, 0) is 19.1 Å². The van der Waals surface area contributed by atoms with Crippen LogP contribution in [0.3, 0.4) is 0 Å². The van der Waals surface area contributed by atoms with Crippen molar-refractivity contribution in [2.24, 2.45) is 5.73 Å². The molecule has 0 saturated carbocycles. The number of nitrogens with zero attached hydrogens (tertiary/aromatic N) is 1. The van der Waals surface area contributed by atoms with Crippen LogP contribution in [0, 0.1) is 5.82 Å². The van der Waals surface area contributed by atoms with Gasteiger partial charge in [0.15, 0.2) is 0 Å². The molecular formula is C12H19FN2O. The van der Waals surface area contributed by atoms with E-state index in [-0.39, 0.29) is 18.4 Å². The van der Waals surface area contributed by atoms with Crippen molar-refractivity contribution in [3.05, 3.63) is 29.6 Å². The Labute approximate surface area is 96.0 Å². The van der Waals surface area contributed by atoms with E-state index < -0.39 is 0 Å². The predicted octanol–water partition coefficient (Wildman–Crippen LogP) is 1.76. The number of methoxy groups -OCH3 is 1. The van der Waals surface area contributed by atoms with Gasteiger partial charge in [0.1, 0.15) is 5.82 Å². The van der Waals surface area contributed by atoms with E-state index in [1.54, 1.807) is 13.2 Å². The Balaban J connectivity index is 2.84. The number of halogens is 1. The Morgan fingerprint density at radius 2 is 2.19 bits per heavy atom. The standard InChI is InChI=1S/C12H19FN2O/c1-9(8-16-3)15(2)11-5-4-10(7-14)12(13)6-11/h4-6,9H,7-8,14H2,1-3H3. The number of hydrogen-bond acceptors (Lipinski definition) is 3. The van der Waals surface area contributed by atoms with Gasteiger partial charge in [0, 0.05) is 38.0 Å². The first-order valence-electron chi connectivity index (χ1n) is 5.30. The number of benzene rings is 1. The first kappa shape index (κ1) is 12.9. The average Bonchev–Trinajstić information content (AvgIpc) is 2.28. The maximum atomic E-state index is 13.5. The summed E-state index contributed by atoms with van der Waals surface area (Å²) in [5.41, 5.74) is 6.78. The zero-order valence-corrected chi connectivity index (χ0v) is 10.0. The minimum Gasteiger partial charge on any atom is -0.383 e. The van der Waals surface area contributed by atoms with Crippen LogP contribution in [0.5, 0.6) is 0 Å². The molecule has 1 rings (SSSR count). The second-order valence-corrected chi connectivity index (χ2v) is 3.90. The summed E-state index contributed by atoms with van der Waals surface area (Å²) in [4.78, 5) is 1.98. The summed E-state index contributed by atoms with van der Waals surface area (Å²) in [5, 5.41) is 0. The van der Waals surface area contributed by atoms with Gasteiger partial charge in [-0.15, -0.1) is 0 Å². The highest BCUT2D eigenvalue weighted by molar-refractivity contribution is 5.48. The fourth-order valence-electron chi connectivity index (χ4n) is 1.53. The summed E-state index contributed by atoms with van der Waals surface area (Å²) in [6.07, 6.45) is 0. The van der Waals surface area contributed by atoms with Crippen molar-refractivity contribution < 1.29 is 9.13 Å². The number of ether oxygens (including phenoxy) is 1. The summed E-state index contributed by atoms with van der Waals surface area (Å²) in [5.74, 6) is -0.253. The lowest BCUT2D eigenvalue weighted by atomic mass is 10.1. The highest BCUT2D eigenvalue weighted by Gasteiger charge is 2.11. The van der Waals surface area contributed by atoms with Crippen LogP contribution in [0.4, 0.5) is 10.1 Å². The van der Waals surface area contributed by atoms with Gasteiger partial charge >= 0.3 is 0 Å². The first-order chi connectivity index (χ1) is 7.60. The molecule has 90 valence electrons. The first-order valence-corrected chi connectivity index (χ1v) is 5.30. The number of rotatable bonds is 5.